The van der Waals surface area contributed by atoms with Crippen LogP contribution in [0.3, 0.4) is 0 Å². The molecule has 15 heteroatoms. The molecule has 46 heavy (non-hydrogen) atoms. The van der Waals surface area contributed by atoms with Gasteiger partial charge in [-0.2, -0.15) is 13.2 Å². The number of carbonyl (C=O) groups excluding carboxylic acids is 5. The Morgan fingerprint density at radius 2 is 1.72 bits per heavy atom. The molecule has 1 heterocycles. The molecule has 5 rings (SSSR count). The number of rotatable bonds is 7. The first kappa shape index (κ1) is 33.3. The molecule has 248 valence electrons. The van der Waals surface area contributed by atoms with E-state index in [2.05, 4.69) is 5.32 Å². The SMILES string of the molecule is Cc1cc(CNCc2cc(N(C)C)c3c(c2O)C(=O)C2C(=O)[C@]4(O)C(=O)C(C(N)=O)C(=O)[C@@H](N(C)C)[C@@H]4C[C@@H]2C3)c(C(F)(F)F)o1. The highest BCUT2D eigenvalue weighted by Crippen LogP contribution is 2.52. The van der Waals surface area contributed by atoms with Crippen molar-refractivity contribution in [1.29, 1.82) is 0 Å². The number of nitrogens with zero attached hydrogens (tertiary/aromatic N) is 2. The number of anilines is 1. The van der Waals surface area contributed by atoms with Crippen molar-refractivity contribution in [3.05, 3.63) is 45.9 Å². The number of fused-ring (bicyclic) bond motifs is 3. The molecule has 2 fully saturated rings. The van der Waals surface area contributed by atoms with Crippen LogP contribution in [0.4, 0.5) is 18.9 Å². The van der Waals surface area contributed by atoms with E-state index in [-0.39, 0.29) is 48.4 Å². The van der Waals surface area contributed by atoms with Gasteiger partial charge in [0.05, 0.1) is 17.5 Å². The zero-order valence-electron chi connectivity index (χ0n) is 25.8. The van der Waals surface area contributed by atoms with Crippen molar-refractivity contribution in [2.24, 2.45) is 29.4 Å². The van der Waals surface area contributed by atoms with Crippen LogP contribution in [0.5, 0.6) is 5.75 Å². The van der Waals surface area contributed by atoms with E-state index < -0.39 is 82.0 Å². The average molecular weight is 649 g/mol. The first-order valence-corrected chi connectivity index (χ1v) is 14.6. The molecule has 1 aromatic carbocycles. The van der Waals surface area contributed by atoms with Gasteiger partial charge < -0.3 is 30.6 Å². The lowest BCUT2D eigenvalue weighted by molar-refractivity contribution is -0.181. The Balaban J connectivity index is 1.53. The van der Waals surface area contributed by atoms with Crippen LogP contribution in [0.15, 0.2) is 16.5 Å². The van der Waals surface area contributed by atoms with Crippen LogP contribution in [-0.4, -0.2) is 84.0 Å². The summed E-state index contributed by atoms with van der Waals surface area (Å²) in [5, 5.41) is 25.9. The van der Waals surface area contributed by atoms with Crippen LogP contribution in [0.1, 0.15) is 45.0 Å². The third-order valence-electron chi connectivity index (χ3n) is 9.42. The number of ketones is 4. The number of likely N-dealkylation sites (N-methyl/N-ethyl adjacent to an activating group) is 1. The second-order valence-electron chi connectivity index (χ2n) is 12.8. The van der Waals surface area contributed by atoms with E-state index in [4.69, 9.17) is 10.2 Å². The number of aryl methyl sites for hydroxylation is 1. The van der Waals surface area contributed by atoms with Gasteiger partial charge in [0.25, 0.3) is 0 Å². The largest absolute Gasteiger partial charge is 0.507 e. The van der Waals surface area contributed by atoms with Crippen molar-refractivity contribution in [1.82, 2.24) is 10.2 Å². The van der Waals surface area contributed by atoms with Gasteiger partial charge in [-0.25, -0.2) is 0 Å². The molecule has 3 aliphatic rings. The van der Waals surface area contributed by atoms with Crippen molar-refractivity contribution >= 4 is 34.7 Å². The summed E-state index contributed by atoms with van der Waals surface area (Å²) in [6, 6.07) is 1.62. The number of hydrogen-bond donors (Lipinski definition) is 4. The van der Waals surface area contributed by atoms with Crippen LogP contribution in [-0.2, 0) is 44.9 Å². The van der Waals surface area contributed by atoms with Crippen LogP contribution in [0, 0.1) is 30.6 Å². The summed E-state index contributed by atoms with van der Waals surface area (Å²) in [6.45, 7) is 0.934. The maximum Gasteiger partial charge on any atom is 0.449 e. The van der Waals surface area contributed by atoms with Crippen molar-refractivity contribution in [3.8, 4) is 5.75 Å². The molecule has 2 unspecified atom stereocenters. The molecule has 0 aliphatic heterocycles. The number of nitrogens with one attached hydrogen (secondary N) is 1. The predicted octanol–water partition coefficient (Wildman–Crippen LogP) is 1.14. The van der Waals surface area contributed by atoms with E-state index in [1.54, 1.807) is 25.1 Å². The number of phenolic OH excluding ortho intramolecular Hbond substituents is 1. The third kappa shape index (κ3) is 5.00. The Bertz CT molecular complexity index is 1670. The van der Waals surface area contributed by atoms with Crippen LogP contribution in [0.2, 0.25) is 0 Å². The number of halogens is 3. The molecule has 0 radical (unpaired) electrons. The Kier molecular flexibility index (Phi) is 8.19. The van der Waals surface area contributed by atoms with E-state index >= 15 is 0 Å². The van der Waals surface area contributed by atoms with Crippen molar-refractivity contribution < 1.29 is 51.8 Å². The molecule has 6 atom stereocenters. The summed E-state index contributed by atoms with van der Waals surface area (Å²) in [6.07, 6.45) is -4.73. The Morgan fingerprint density at radius 3 is 2.28 bits per heavy atom. The number of alkyl halides is 3. The first-order valence-electron chi connectivity index (χ1n) is 14.6. The molecule has 1 aromatic heterocycles. The molecule has 0 bridgehead atoms. The third-order valence-corrected chi connectivity index (χ3v) is 9.42. The standard InChI is InChI=1S/C31H35F3N4O8/c1-12-6-15(28(46-12)31(32,33)34)11-36-10-14-9-18(37(2)3)16-7-13-8-17-22(38(4)5)25(41)21(29(35)44)27(43)30(17,45)26(42)19(13)24(40)20(16)23(14)39/h6,9,13,17,19,21-22,36,39,45H,7-8,10-11H2,1-5H3,(H2,35,44)/t13-,17-,19?,21?,22-,30-/m0/s1. The summed E-state index contributed by atoms with van der Waals surface area (Å²) in [4.78, 5) is 70.2. The highest BCUT2D eigenvalue weighted by molar-refractivity contribution is 6.32. The minimum absolute atomic E-state index is 0.0664. The molecule has 0 saturated heterocycles. The van der Waals surface area contributed by atoms with Crippen LogP contribution >= 0.6 is 0 Å². The molecule has 2 aromatic rings. The molecule has 12 nitrogen and oxygen atoms in total. The van der Waals surface area contributed by atoms with Crippen LogP contribution in [0.25, 0.3) is 0 Å². The zero-order chi connectivity index (χ0) is 34.2. The Morgan fingerprint density at radius 1 is 1.09 bits per heavy atom. The Labute approximate surface area is 261 Å². The number of nitrogens with two attached hydrogens (primary N) is 1. The summed E-state index contributed by atoms with van der Waals surface area (Å²) >= 11 is 0. The molecular weight excluding hydrogens is 613 g/mol. The first-order chi connectivity index (χ1) is 21.3. The van der Waals surface area contributed by atoms with Crippen molar-refractivity contribution in [2.75, 3.05) is 33.1 Å². The normalized spacial score (nSPS) is 27.8. The number of amides is 1. The lowest BCUT2D eigenvalue weighted by Crippen LogP contribution is -2.74. The van der Waals surface area contributed by atoms with Gasteiger partial charge in [-0.15, -0.1) is 0 Å². The fraction of sp³-hybridized carbons (Fsp3) is 0.516. The smallest absolute Gasteiger partial charge is 0.449 e. The van der Waals surface area contributed by atoms with Gasteiger partial charge in [-0.3, -0.25) is 28.9 Å². The number of aliphatic hydroxyl groups is 1. The topological polar surface area (TPSA) is 183 Å². The second kappa shape index (κ2) is 11.3. The van der Waals surface area contributed by atoms with E-state index in [1.807, 2.05) is 0 Å². The maximum absolute atomic E-state index is 14.1. The summed E-state index contributed by atoms with van der Waals surface area (Å²) < 4.78 is 45.0. The van der Waals surface area contributed by atoms with E-state index in [1.165, 1.54) is 32.0 Å². The van der Waals surface area contributed by atoms with Gasteiger partial charge in [-0.1, -0.05) is 0 Å². The zero-order valence-corrected chi connectivity index (χ0v) is 25.8. The monoisotopic (exact) mass is 648 g/mol. The minimum Gasteiger partial charge on any atom is -0.507 e. The summed E-state index contributed by atoms with van der Waals surface area (Å²) in [5.41, 5.74) is 3.22. The second-order valence-corrected chi connectivity index (χ2v) is 12.8. The van der Waals surface area contributed by atoms with E-state index in [9.17, 15) is 47.4 Å². The van der Waals surface area contributed by atoms with Gasteiger partial charge in [0.2, 0.25) is 11.7 Å². The molecular formula is C31H35F3N4O8. The lowest BCUT2D eigenvalue weighted by Gasteiger charge is -2.52. The molecule has 0 spiro atoms. The van der Waals surface area contributed by atoms with Gasteiger partial charge in [-0.05, 0) is 57.5 Å². The maximum atomic E-state index is 14.1. The fourth-order valence-corrected chi connectivity index (χ4v) is 7.51. The summed E-state index contributed by atoms with van der Waals surface area (Å²) in [7, 11) is 6.40. The molecule has 2 saturated carbocycles. The predicted molar refractivity (Wildman–Crippen MR) is 155 cm³/mol. The number of phenols is 1. The number of furan rings is 1. The number of hydrogen-bond acceptors (Lipinski definition) is 11. The lowest BCUT2D eigenvalue weighted by atomic mass is 9.52. The number of Topliss-reactive ketones (excluding diaryl/α,β-unsaturated/α-hetero) is 4. The van der Waals surface area contributed by atoms with Gasteiger partial charge in [0, 0.05) is 49.9 Å². The molecule has 1 amide bonds. The van der Waals surface area contributed by atoms with E-state index in [0.717, 1.165) is 0 Å². The minimum atomic E-state index is -4.72. The summed E-state index contributed by atoms with van der Waals surface area (Å²) in [5.74, 6) is -12.8. The van der Waals surface area contributed by atoms with Gasteiger partial charge in [0.15, 0.2) is 34.7 Å². The number of benzene rings is 1. The number of carbonyl (C=O) groups is 5. The highest BCUT2D eigenvalue weighted by Gasteiger charge is 2.69. The Hall–Kier alpha value is -4.08. The molecule has 5 N–H and O–H groups in total. The van der Waals surface area contributed by atoms with Gasteiger partial charge >= 0.3 is 6.18 Å². The van der Waals surface area contributed by atoms with Gasteiger partial charge in [0.1, 0.15) is 11.5 Å². The van der Waals surface area contributed by atoms with Crippen molar-refractivity contribution in [3.63, 3.8) is 0 Å². The van der Waals surface area contributed by atoms with E-state index in [0.29, 0.717) is 11.3 Å². The van der Waals surface area contributed by atoms with Crippen LogP contribution < -0.4 is 16.0 Å². The number of aromatic hydroxyl groups is 1. The number of primary amides is 1. The average Bonchev–Trinajstić information content (AvgIpc) is 3.32. The van der Waals surface area contributed by atoms with Crippen molar-refractivity contribution in [2.45, 2.75) is 50.7 Å². The molecule has 3 aliphatic carbocycles. The highest BCUT2D eigenvalue weighted by atomic mass is 19.4. The quantitative estimate of drug-likeness (QED) is 0.316. The fourth-order valence-electron chi connectivity index (χ4n) is 7.51.